The van der Waals surface area contributed by atoms with Gasteiger partial charge >= 0.3 is 0 Å². The van der Waals surface area contributed by atoms with Crippen LogP contribution >= 0.6 is 0 Å². The SMILES string of the molecule is O=[N+]([O-])c1cc(N2C3CCC2COC3)ccc1NCc1ccc(CN2C[C@H](O)[C@@H](O)[C@H](O)[C@H]2CO)cc1. The molecule has 0 aliphatic carbocycles. The number of nitro groups is 1. The molecule has 2 aromatic rings. The molecule has 0 aromatic heterocycles. The van der Waals surface area contributed by atoms with Crippen molar-refractivity contribution >= 4 is 17.1 Å². The number of piperidine rings is 1. The van der Waals surface area contributed by atoms with Crippen molar-refractivity contribution in [1.29, 1.82) is 0 Å². The lowest BCUT2D eigenvalue weighted by atomic mass is 9.93. The summed E-state index contributed by atoms with van der Waals surface area (Å²) in [6.07, 6.45) is -1.55. The normalized spacial score (nSPS) is 29.9. The molecule has 5 N–H and O–H groups in total. The topological polar surface area (TPSA) is 152 Å². The smallest absolute Gasteiger partial charge is 0.294 e. The van der Waals surface area contributed by atoms with E-state index in [9.17, 15) is 30.5 Å². The second kappa shape index (κ2) is 10.9. The van der Waals surface area contributed by atoms with Crippen LogP contribution in [-0.4, -0.2) is 93.1 Å². The molecule has 0 saturated carbocycles. The number of hydrogen-bond acceptors (Lipinski definition) is 10. The molecule has 0 amide bonds. The lowest BCUT2D eigenvalue weighted by Crippen LogP contribution is -2.62. The van der Waals surface area contributed by atoms with Crippen molar-refractivity contribution in [2.24, 2.45) is 0 Å². The Morgan fingerprint density at radius 1 is 1.00 bits per heavy atom. The summed E-state index contributed by atoms with van der Waals surface area (Å²) in [7, 11) is 0. The minimum atomic E-state index is -1.29. The fourth-order valence-corrected chi connectivity index (χ4v) is 5.79. The van der Waals surface area contributed by atoms with Crippen molar-refractivity contribution in [1.82, 2.24) is 4.90 Å². The van der Waals surface area contributed by atoms with Crippen molar-refractivity contribution in [3.63, 3.8) is 0 Å². The number of anilines is 2. The molecule has 37 heavy (non-hydrogen) atoms. The molecule has 2 unspecified atom stereocenters. The first-order valence-corrected chi connectivity index (χ1v) is 12.7. The van der Waals surface area contributed by atoms with E-state index < -0.39 is 24.4 Å². The highest BCUT2D eigenvalue weighted by Crippen LogP contribution is 2.37. The van der Waals surface area contributed by atoms with Gasteiger partial charge in [0.25, 0.3) is 5.69 Å². The fraction of sp³-hybridized carbons (Fsp3) is 0.538. The van der Waals surface area contributed by atoms with Gasteiger partial charge < -0.3 is 35.4 Å². The number of ether oxygens (including phenoxy) is 1. The number of nitro benzene ring substituents is 1. The lowest BCUT2D eigenvalue weighted by Gasteiger charge is -2.43. The van der Waals surface area contributed by atoms with Gasteiger partial charge in [0, 0.05) is 31.4 Å². The van der Waals surface area contributed by atoms with Gasteiger partial charge in [-0.3, -0.25) is 15.0 Å². The number of nitrogens with zero attached hydrogens (tertiary/aromatic N) is 3. The number of aliphatic hydroxyl groups is 4. The predicted octanol–water partition coefficient (Wildman–Crippen LogP) is 0.834. The molecule has 0 spiro atoms. The molecule has 3 aliphatic heterocycles. The Labute approximate surface area is 215 Å². The van der Waals surface area contributed by atoms with Gasteiger partial charge in [-0.05, 0) is 36.1 Å². The molecule has 11 nitrogen and oxygen atoms in total. The van der Waals surface area contributed by atoms with Gasteiger partial charge in [0.1, 0.15) is 17.9 Å². The summed E-state index contributed by atoms with van der Waals surface area (Å²) in [5, 5.41) is 54.8. The number of aliphatic hydroxyl groups excluding tert-OH is 4. The Balaban J connectivity index is 1.23. The quantitative estimate of drug-likeness (QED) is 0.253. The van der Waals surface area contributed by atoms with Crippen LogP contribution in [0.4, 0.5) is 17.1 Å². The molecular formula is C26H34N4O7. The second-order valence-electron chi connectivity index (χ2n) is 10.2. The van der Waals surface area contributed by atoms with E-state index in [0.717, 1.165) is 29.7 Å². The number of nitrogens with one attached hydrogen (secondary N) is 1. The average Bonchev–Trinajstić information content (AvgIpc) is 3.14. The highest BCUT2D eigenvalue weighted by molar-refractivity contribution is 5.69. The van der Waals surface area contributed by atoms with E-state index in [4.69, 9.17) is 4.74 Å². The largest absolute Gasteiger partial charge is 0.395 e. The van der Waals surface area contributed by atoms with Gasteiger partial charge in [0.05, 0.1) is 49.0 Å². The number of rotatable bonds is 8. The van der Waals surface area contributed by atoms with Crippen LogP contribution in [0.2, 0.25) is 0 Å². The minimum Gasteiger partial charge on any atom is -0.395 e. The number of likely N-dealkylation sites (tertiary alicyclic amines) is 1. The third kappa shape index (κ3) is 5.28. The molecule has 5 rings (SSSR count). The summed E-state index contributed by atoms with van der Waals surface area (Å²) in [6.45, 7) is 1.89. The Kier molecular flexibility index (Phi) is 7.61. The zero-order valence-electron chi connectivity index (χ0n) is 20.5. The maximum absolute atomic E-state index is 11.8. The van der Waals surface area contributed by atoms with Crippen molar-refractivity contribution < 1.29 is 30.1 Å². The maximum atomic E-state index is 11.8. The molecule has 11 heteroatoms. The summed E-state index contributed by atoms with van der Waals surface area (Å²) < 4.78 is 5.64. The van der Waals surface area contributed by atoms with E-state index in [2.05, 4.69) is 10.2 Å². The zero-order chi connectivity index (χ0) is 26.1. The summed E-state index contributed by atoms with van der Waals surface area (Å²) in [6, 6.07) is 12.9. The van der Waals surface area contributed by atoms with Gasteiger partial charge in [0.2, 0.25) is 0 Å². The maximum Gasteiger partial charge on any atom is 0.294 e. The average molecular weight is 515 g/mol. The molecule has 3 fully saturated rings. The van der Waals surface area contributed by atoms with Gasteiger partial charge in [-0.15, -0.1) is 0 Å². The number of benzene rings is 2. The summed E-state index contributed by atoms with van der Waals surface area (Å²) in [5.41, 5.74) is 3.20. The summed E-state index contributed by atoms with van der Waals surface area (Å²) >= 11 is 0. The first-order chi connectivity index (χ1) is 17.9. The van der Waals surface area contributed by atoms with E-state index >= 15 is 0 Å². The van der Waals surface area contributed by atoms with Crippen molar-refractivity contribution in [2.45, 2.75) is 62.4 Å². The van der Waals surface area contributed by atoms with Crippen LogP contribution in [-0.2, 0) is 17.8 Å². The number of β-amino-alcohol motifs (C(OH)–C–C–N with tert-alkyl or cyclic N) is 1. The van der Waals surface area contributed by atoms with Crippen LogP contribution in [0.3, 0.4) is 0 Å². The molecule has 2 bridgehead atoms. The van der Waals surface area contributed by atoms with Gasteiger partial charge in [0.15, 0.2) is 0 Å². The third-order valence-corrected chi connectivity index (χ3v) is 7.82. The molecule has 3 aliphatic rings. The van der Waals surface area contributed by atoms with Crippen molar-refractivity contribution in [3.05, 3.63) is 63.7 Å². The summed E-state index contributed by atoms with van der Waals surface area (Å²) in [4.78, 5) is 15.5. The second-order valence-corrected chi connectivity index (χ2v) is 10.2. The van der Waals surface area contributed by atoms with Gasteiger partial charge in [-0.25, -0.2) is 0 Å². The van der Waals surface area contributed by atoms with E-state index in [-0.39, 0.29) is 35.8 Å². The highest BCUT2D eigenvalue weighted by atomic mass is 16.6. The lowest BCUT2D eigenvalue weighted by molar-refractivity contribution is -0.383. The van der Waals surface area contributed by atoms with Crippen LogP contribution in [0.15, 0.2) is 42.5 Å². The first kappa shape index (κ1) is 25.8. The molecular weight excluding hydrogens is 480 g/mol. The van der Waals surface area contributed by atoms with E-state index in [1.807, 2.05) is 30.3 Å². The minimum absolute atomic E-state index is 0.0412. The molecule has 3 saturated heterocycles. The molecule has 2 aromatic carbocycles. The highest BCUT2D eigenvalue weighted by Gasteiger charge is 2.41. The Morgan fingerprint density at radius 2 is 1.68 bits per heavy atom. The monoisotopic (exact) mass is 514 g/mol. The standard InChI is InChI=1S/C26H34N4O7/c31-13-23-25(33)26(34)24(32)12-28(23)11-17-3-1-16(2-4-17)10-27-21-8-7-18(9-22(21)30(35)36)29-19-5-6-20(29)15-37-14-19/h1-4,7-9,19-20,23-27,31-34H,5-6,10-15H2/t19?,20?,23-,24+,25-,26-/m1/s1. The van der Waals surface area contributed by atoms with E-state index in [0.29, 0.717) is 32.0 Å². The Hall–Kier alpha value is -2.80. The third-order valence-electron chi connectivity index (χ3n) is 7.82. The van der Waals surface area contributed by atoms with Gasteiger partial charge in [-0.1, -0.05) is 24.3 Å². The predicted molar refractivity (Wildman–Crippen MR) is 136 cm³/mol. The van der Waals surface area contributed by atoms with E-state index in [1.165, 1.54) is 0 Å². The van der Waals surface area contributed by atoms with Crippen LogP contribution in [0, 0.1) is 10.1 Å². The molecule has 200 valence electrons. The Bertz CT molecular complexity index is 1080. The van der Waals surface area contributed by atoms with Crippen molar-refractivity contribution in [3.8, 4) is 0 Å². The van der Waals surface area contributed by atoms with Crippen LogP contribution < -0.4 is 10.2 Å². The van der Waals surface area contributed by atoms with E-state index in [1.54, 1.807) is 17.0 Å². The fourth-order valence-electron chi connectivity index (χ4n) is 5.79. The molecule has 6 atom stereocenters. The van der Waals surface area contributed by atoms with Gasteiger partial charge in [-0.2, -0.15) is 0 Å². The molecule has 3 heterocycles. The van der Waals surface area contributed by atoms with Crippen molar-refractivity contribution in [2.75, 3.05) is 36.6 Å². The number of fused-ring (bicyclic) bond motifs is 2. The summed E-state index contributed by atoms with van der Waals surface area (Å²) in [5.74, 6) is 0. The number of hydrogen-bond donors (Lipinski definition) is 5. The Morgan fingerprint density at radius 3 is 2.32 bits per heavy atom. The van der Waals surface area contributed by atoms with Crippen LogP contribution in [0.25, 0.3) is 0 Å². The first-order valence-electron chi connectivity index (χ1n) is 12.7. The van der Waals surface area contributed by atoms with Crippen LogP contribution in [0.1, 0.15) is 24.0 Å². The van der Waals surface area contributed by atoms with Crippen LogP contribution in [0.5, 0.6) is 0 Å². The molecule has 0 radical (unpaired) electrons. The number of morpholine rings is 1. The zero-order valence-corrected chi connectivity index (χ0v) is 20.5.